The number of amides is 1. The smallest absolute Gasteiger partial charge is 0.310 e. The highest BCUT2D eigenvalue weighted by Crippen LogP contribution is 2.21. The molecule has 0 radical (unpaired) electrons. The van der Waals surface area contributed by atoms with Gasteiger partial charge in [-0.3, -0.25) is 14.3 Å². The van der Waals surface area contributed by atoms with Crippen LogP contribution in [0.15, 0.2) is 71.6 Å². The number of aryl methyl sites for hydroxylation is 2. The van der Waals surface area contributed by atoms with Gasteiger partial charge in [0.05, 0.1) is 17.9 Å². The Kier molecular flexibility index (Phi) is 8.48. The van der Waals surface area contributed by atoms with Gasteiger partial charge in [0.25, 0.3) is 15.9 Å². The molecule has 0 bridgehead atoms. The lowest BCUT2D eigenvalue weighted by molar-refractivity contribution is -0.142. The van der Waals surface area contributed by atoms with Crippen molar-refractivity contribution in [3.8, 4) is 5.75 Å². The monoisotopic (exact) mass is 496 g/mol. The van der Waals surface area contributed by atoms with E-state index in [0.717, 1.165) is 16.7 Å². The molecule has 3 rings (SSSR count). The summed E-state index contributed by atoms with van der Waals surface area (Å²) in [6, 6.07) is 18.0. The van der Waals surface area contributed by atoms with Crippen LogP contribution in [0, 0.1) is 13.8 Å². The lowest BCUT2D eigenvalue weighted by Crippen LogP contribution is -2.20. The Morgan fingerprint density at radius 1 is 0.857 bits per heavy atom. The molecule has 9 heteroatoms. The molecule has 0 saturated carbocycles. The maximum absolute atomic E-state index is 12.7. The highest BCUT2D eigenvalue weighted by molar-refractivity contribution is 7.92. The Balaban J connectivity index is 1.51. The Morgan fingerprint density at radius 3 is 2.14 bits per heavy atom. The lowest BCUT2D eigenvalue weighted by atomic mass is 10.1. The number of hydrogen-bond donors (Lipinski definition) is 2. The van der Waals surface area contributed by atoms with Crippen molar-refractivity contribution in [1.82, 2.24) is 0 Å². The average molecular weight is 497 g/mol. The van der Waals surface area contributed by atoms with Crippen molar-refractivity contribution >= 4 is 33.3 Å². The van der Waals surface area contributed by atoms with Crippen LogP contribution in [-0.2, 0) is 30.8 Å². The molecule has 0 atom stereocenters. The Bertz CT molecular complexity index is 1290. The zero-order valence-electron chi connectivity index (χ0n) is 19.8. The fourth-order valence-corrected chi connectivity index (χ4v) is 4.21. The summed E-state index contributed by atoms with van der Waals surface area (Å²) >= 11 is 0. The van der Waals surface area contributed by atoms with E-state index in [9.17, 15) is 18.0 Å². The third kappa shape index (κ3) is 7.58. The second-order valence-corrected chi connectivity index (χ2v) is 9.57. The van der Waals surface area contributed by atoms with Gasteiger partial charge in [0.15, 0.2) is 6.61 Å². The third-order valence-electron chi connectivity index (χ3n) is 5.15. The van der Waals surface area contributed by atoms with E-state index in [1.54, 1.807) is 43.3 Å². The zero-order chi connectivity index (χ0) is 25.4. The van der Waals surface area contributed by atoms with Crippen LogP contribution < -0.4 is 14.8 Å². The molecule has 35 heavy (non-hydrogen) atoms. The van der Waals surface area contributed by atoms with Crippen LogP contribution in [-0.4, -0.2) is 33.5 Å². The highest BCUT2D eigenvalue weighted by Gasteiger charge is 2.15. The molecule has 0 aromatic heterocycles. The molecular weight excluding hydrogens is 468 g/mol. The quantitative estimate of drug-likeness (QED) is 0.407. The van der Waals surface area contributed by atoms with Gasteiger partial charge in [-0.25, -0.2) is 8.42 Å². The molecule has 8 nitrogen and oxygen atoms in total. The fourth-order valence-electron chi connectivity index (χ4n) is 3.16. The topological polar surface area (TPSA) is 111 Å². The SMILES string of the molecule is CCOC(=O)Cc1ccc(NC(=O)COc2ccc(S(=O)(=O)Nc3ccc(C)c(C)c3)cc2)cc1. The lowest BCUT2D eigenvalue weighted by Gasteiger charge is -2.11. The van der Waals surface area contributed by atoms with Crippen molar-refractivity contribution in [2.24, 2.45) is 0 Å². The highest BCUT2D eigenvalue weighted by atomic mass is 32.2. The van der Waals surface area contributed by atoms with E-state index in [0.29, 0.717) is 23.7 Å². The first kappa shape index (κ1) is 25.8. The number of nitrogens with one attached hydrogen (secondary N) is 2. The van der Waals surface area contributed by atoms with E-state index in [1.165, 1.54) is 24.3 Å². The molecule has 0 spiro atoms. The van der Waals surface area contributed by atoms with Gasteiger partial charge in [-0.05, 0) is 86.0 Å². The second kappa shape index (κ2) is 11.5. The van der Waals surface area contributed by atoms with E-state index < -0.39 is 10.0 Å². The Morgan fingerprint density at radius 2 is 1.51 bits per heavy atom. The van der Waals surface area contributed by atoms with E-state index in [4.69, 9.17) is 9.47 Å². The van der Waals surface area contributed by atoms with E-state index in [1.807, 2.05) is 19.9 Å². The van der Waals surface area contributed by atoms with Gasteiger partial charge in [-0.2, -0.15) is 0 Å². The van der Waals surface area contributed by atoms with Crippen LogP contribution in [0.1, 0.15) is 23.6 Å². The molecule has 0 aliphatic heterocycles. The van der Waals surface area contributed by atoms with Gasteiger partial charge in [0.2, 0.25) is 0 Å². The van der Waals surface area contributed by atoms with Crippen molar-refractivity contribution in [1.29, 1.82) is 0 Å². The summed E-state index contributed by atoms with van der Waals surface area (Å²) in [7, 11) is -3.76. The second-order valence-electron chi connectivity index (χ2n) is 7.89. The molecule has 0 unspecified atom stereocenters. The molecule has 0 heterocycles. The first-order valence-corrected chi connectivity index (χ1v) is 12.5. The minimum absolute atomic E-state index is 0.0791. The average Bonchev–Trinajstić information content (AvgIpc) is 2.82. The van der Waals surface area contributed by atoms with Crippen LogP contribution in [0.4, 0.5) is 11.4 Å². The molecule has 0 aliphatic rings. The number of benzene rings is 3. The van der Waals surface area contributed by atoms with Crippen molar-refractivity contribution in [3.05, 3.63) is 83.4 Å². The molecule has 3 aromatic carbocycles. The summed E-state index contributed by atoms with van der Waals surface area (Å²) in [5.41, 5.74) is 3.88. The minimum Gasteiger partial charge on any atom is -0.484 e. The third-order valence-corrected chi connectivity index (χ3v) is 6.55. The largest absolute Gasteiger partial charge is 0.484 e. The summed E-state index contributed by atoms with van der Waals surface area (Å²) in [5, 5.41) is 2.70. The standard InChI is InChI=1S/C26H28N2O6S/c1-4-33-26(30)16-20-6-9-21(10-7-20)27-25(29)17-34-23-11-13-24(14-12-23)35(31,32)28-22-8-5-18(2)19(3)15-22/h5-15,28H,4,16-17H2,1-3H3,(H,27,29). The fraction of sp³-hybridized carbons (Fsp3) is 0.231. The van der Waals surface area contributed by atoms with Crippen molar-refractivity contribution in [3.63, 3.8) is 0 Å². The number of carbonyl (C=O) groups is 2. The predicted molar refractivity (Wildman–Crippen MR) is 134 cm³/mol. The number of esters is 1. The van der Waals surface area contributed by atoms with E-state index >= 15 is 0 Å². The summed E-state index contributed by atoms with van der Waals surface area (Å²) in [4.78, 5) is 23.8. The molecule has 2 N–H and O–H groups in total. The number of ether oxygens (including phenoxy) is 2. The molecular formula is C26H28N2O6S. The van der Waals surface area contributed by atoms with Gasteiger partial charge < -0.3 is 14.8 Å². The van der Waals surface area contributed by atoms with Crippen molar-refractivity contribution in [2.45, 2.75) is 32.1 Å². The molecule has 0 aliphatic carbocycles. The summed E-state index contributed by atoms with van der Waals surface area (Å²) < 4.78 is 38.2. The predicted octanol–water partition coefficient (Wildman–Crippen LogP) is 4.23. The van der Waals surface area contributed by atoms with Crippen LogP contribution in [0.3, 0.4) is 0 Å². The van der Waals surface area contributed by atoms with Gasteiger partial charge in [-0.15, -0.1) is 0 Å². The summed E-state index contributed by atoms with van der Waals surface area (Å²) in [6.07, 6.45) is 0.164. The van der Waals surface area contributed by atoms with E-state index in [2.05, 4.69) is 10.0 Å². The molecule has 3 aromatic rings. The van der Waals surface area contributed by atoms with Gasteiger partial charge in [0, 0.05) is 11.4 Å². The van der Waals surface area contributed by atoms with Crippen LogP contribution in [0.2, 0.25) is 0 Å². The maximum atomic E-state index is 12.7. The number of sulfonamides is 1. The summed E-state index contributed by atoms with van der Waals surface area (Å²) in [6.45, 7) is 5.69. The molecule has 0 fully saturated rings. The van der Waals surface area contributed by atoms with Gasteiger partial charge in [-0.1, -0.05) is 18.2 Å². The Labute approximate surface area is 205 Å². The zero-order valence-corrected chi connectivity index (χ0v) is 20.6. The van der Waals surface area contributed by atoms with Crippen LogP contribution in [0.25, 0.3) is 0 Å². The molecule has 1 amide bonds. The van der Waals surface area contributed by atoms with Crippen LogP contribution in [0.5, 0.6) is 5.75 Å². The molecule has 0 saturated heterocycles. The number of anilines is 2. The normalized spacial score (nSPS) is 10.9. The van der Waals surface area contributed by atoms with Crippen molar-refractivity contribution in [2.75, 3.05) is 23.3 Å². The van der Waals surface area contributed by atoms with Crippen LogP contribution >= 0.6 is 0 Å². The number of rotatable bonds is 10. The molecule has 184 valence electrons. The van der Waals surface area contributed by atoms with Crippen molar-refractivity contribution < 1.29 is 27.5 Å². The minimum atomic E-state index is -3.76. The van der Waals surface area contributed by atoms with E-state index in [-0.39, 0.29) is 29.8 Å². The number of hydrogen-bond acceptors (Lipinski definition) is 6. The van der Waals surface area contributed by atoms with Gasteiger partial charge >= 0.3 is 5.97 Å². The first-order valence-electron chi connectivity index (χ1n) is 11.0. The number of carbonyl (C=O) groups excluding carboxylic acids is 2. The Hall–Kier alpha value is -3.85. The summed E-state index contributed by atoms with van der Waals surface area (Å²) in [5.74, 6) is -0.330. The first-order chi connectivity index (χ1) is 16.7. The van der Waals surface area contributed by atoms with Gasteiger partial charge in [0.1, 0.15) is 5.75 Å². The maximum Gasteiger partial charge on any atom is 0.310 e.